The molecule has 0 aliphatic carbocycles. The number of hydrogen-bond acceptors (Lipinski definition) is 2. The molecule has 2 bridgehead atoms. The molecule has 1 N–H and O–H groups in total. The van der Waals surface area contributed by atoms with Crippen LogP contribution < -0.4 is 4.39 Å². The second-order valence-electron chi connectivity index (χ2n) is 6.86. The Morgan fingerprint density at radius 2 is 2.14 bits per heavy atom. The van der Waals surface area contributed by atoms with Gasteiger partial charge in [-0.05, 0) is 45.0 Å². The van der Waals surface area contributed by atoms with Crippen molar-refractivity contribution in [2.24, 2.45) is 5.92 Å². The van der Waals surface area contributed by atoms with E-state index in [4.69, 9.17) is 7.98 Å². The fourth-order valence-corrected chi connectivity index (χ4v) is 4.46. The van der Waals surface area contributed by atoms with Crippen LogP contribution in [0.25, 0.3) is 5.57 Å². The topological polar surface area (TPSA) is 40.5 Å². The van der Waals surface area contributed by atoms with Gasteiger partial charge in [-0.3, -0.25) is 4.90 Å². The number of nitrogens with zero attached hydrogens (tertiary/aromatic N) is 2. The predicted octanol–water partition coefficient (Wildman–Crippen LogP) is 1.92. The third kappa shape index (κ3) is 1.89. The minimum Gasteiger partial charge on any atom is -0.477 e. The first-order chi connectivity index (χ1) is 10.5. The second-order valence-corrected chi connectivity index (χ2v) is 6.86. The molecule has 4 aliphatic rings. The Kier molecular flexibility index (Phi) is 3.00. The van der Waals surface area contributed by atoms with E-state index in [0.717, 1.165) is 49.4 Å². The van der Waals surface area contributed by atoms with Gasteiger partial charge in [-0.25, -0.2) is 4.79 Å². The number of piperidine rings is 1. The molecule has 0 amide bonds. The standard InChI is InChI=1S/C17H20BN2O2/c1-11-2-3-15-13(8-11)14-9-19-6-4-12(5-7-19)17(14)20(15,18)10-16(21)22/h2-3,8,12H,4-7,9-10H2,1H3,(H,21,22)/q+1. The summed E-state index contributed by atoms with van der Waals surface area (Å²) in [5, 5.41) is 9.42. The zero-order chi connectivity index (χ0) is 15.5. The molecule has 1 aromatic rings. The van der Waals surface area contributed by atoms with E-state index in [9.17, 15) is 9.90 Å². The first-order valence-corrected chi connectivity index (χ1v) is 7.95. The normalized spacial score (nSPS) is 32.6. The number of aryl methyl sites for hydroxylation is 1. The number of carboxylic acid groups (broad SMARTS) is 1. The van der Waals surface area contributed by atoms with Crippen molar-refractivity contribution in [1.82, 2.24) is 9.29 Å². The minimum absolute atomic E-state index is 0.0290. The maximum absolute atomic E-state index is 11.5. The molecule has 1 aromatic carbocycles. The zero-order valence-electron chi connectivity index (χ0n) is 12.9. The van der Waals surface area contributed by atoms with Crippen molar-refractivity contribution in [2.45, 2.75) is 19.8 Å². The average molecular weight is 295 g/mol. The first-order valence-electron chi connectivity index (χ1n) is 7.95. The number of rotatable bonds is 2. The van der Waals surface area contributed by atoms with E-state index in [0.29, 0.717) is 5.92 Å². The molecule has 0 saturated carbocycles. The van der Waals surface area contributed by atoms with Gasteiger partial charge in [0, 0.05) is 23.6 Å². The van der Waals surface area contributed by atoms with Crippen LogP contribution in [0.5, 0.6) is 0 Å². The van der Waals surface area contributed by atoms with Crippen molar-refractivity contribution in [1.29, 1.82) is 0 Å². The van der Waals surface area contributed by atoms with E-state index < -0.39 is 5.97 Å². The van der Waals surface area contributed by atoms with Gasteiger partial charge in [-0.15, -0.1) is 0 Å². The number of aliphatic carboxylic acids is 1. The maximum Gasteiger partial charge on any atom is 0.493 e. The van der Waals surface area contributed by atoms with Crippen LogP contribution in [0.1, 0.15) is 24.0 Å². The smallest absolute Gasteiger partial charge is 0.477 e. The van der Waals surface area contributed by atoms with Gasteiger partial charge in [0.25, 0.3) is 0 Å². The summed E-state index contributed by atoms with van der Waals surface area (Å²) >= 11 is 0. The lowest BCUT2D eigenvalue weighted by Gasteiger charge is -2.37. The summed E-state index contributed by atoms with van der Waals surface area (Å²) in [6, 6.07) is 6.22. The summed E-state index contributed by atoms with van der Waals surface area (Å²) in [5.41, 5.74) is 5.75. The highest BCUT2D eigenvalue weighted by Gasteiger charge is 2.49. The molecule has 4 aliphatic heterocycles. The van der Waals surface area contributed by atoms with Crippen molar-refractivity contribution < 1.29 is 9.90 Å². The molecule has 5 heteroatoms. The Labute approximate surface area is 132 Å². The van der Waals surface area contributed by atoms with E-state index in [2.05, 4.69) is 17.9 Å². The third-order valence-corrected chi connectivity index (χ3v) is 5.39. The van der Waals surface area contributed by atoms with Gasteiger partial charge in [0.2, 0.25) is 0 Å². The number of benzene rings is 1. The van der Waals surface area contributed by atoms with Crippen molar-refractivity contribution >= 4 is 25.2 Å². The summed E-state index contributed by atoms with van der Waals surface area (Å²) in [4.78, 5) is 13.9. The third-order valence-electron chi connectivity index (χ3n) is 5.39. The van der Waals surface area contributed by atoms with Crippen LogP contribution in [0.15, 0.2) is 23.9 Å². The number of quaternary nitrogens is 1. The Morgan fingerprint density at radius 3 is 2.82 bits per heavy atom. The van der Waals surface area contributed by atoms with Crippen LogP contribution in [0.3, 0.4) is 0 Å². The summed E-state index contributed by atoms with van der Waals surface area (Å²) in [5.74, 6) is -0.437. The zero-order valence-corrected chi connectivity index (χ0v) is 12.9. The van der Waals surface area contributed by atoms with E-state index >= 15 is 0 Å². The molecule has 1 fully saturated rings. The van der Waals surface area contributed by atoms with Crippen LogP contribution in [-0.2, 0) is 4.79 Å². The second kappa shape index (κ2) is 4.70. The van der Waals surface area contributed by atoms with Crippen LogP contribution >= 0.6 is 0 Å². The number of allylic oxidation sites excluding steroid dienone is 1. The highest BCUT2D eigenvalue weighted by atomic mass is 16.4. The number of fused-ring (bicyclic) bond motifs is 3. The summed E-state index contributed by atoms with van der Waals surface area (Å²) < 4.78 is -0.0290. The van der Waals surface area contributed by atoms with Crippen LogP contribution in [0, 0.1) is 12.8 Å². The van der Waals surface area contributed by atoms with Crippen molar-refractivity contribution in [3.8, 4) is 0 Å². The Balaban J connectivity index is 1.94. The largest absolute Gasteiger partial charge is 0.493 e. The van der Waals surface area contributed by atoms with Gasteiger partial charge in [0.1, 0.15) is 11.4 Å². The summed E-state index contributed by atoms with van der Waals surface area (Å²) in [6.45, 7) is 5.08. The Bertz CT molecular complexity index is 692. The molecule has 1 unspecified atom stereocenters. The molecule has 4 nitrogen and oxygen atoms in total. The fraction of sp³-hybridized carbons (Fsp3) is 0.471. The molecule has 0 spiro atoms. The van der Waals surface area contributed by atoms with Gasteiger partial charge in [0.05, 0.1) is 0 Å². The highest BCUT2D eigenvalue weighted by Crippen LogP contribution is 2.50. The van der Waals surface area contributed by atoms with Crippen molar-refractivity contribution in [2.75, 3.05) is 26.2 Å². The van der Waals surface area contributed by atoms with Gasteiger partial charge < -0.3 is 9.50 Å². The monoisotopic (exact) mass is 295 g/mol. The van der Waals surface area contributed by atoms with Gasteiger partial charge in [-0.2, -0.15) is 0 Å². The SMILES string of the molecule is [B][N+]1(CC(=O)O)C2=C(CN3CCC2CC3)c2cc(C)ccc21. The van der Waals surface area contributed by atoms with Crippen LogP contribution in [0.4, 0.5) is 5.69 Å². The molecule has 4 heterocycles. The van der Waals surface area contributed by atoms with Gasteiger partial charge >= 0.3 is 14.0 Å². The van der Waals surface area contributed by atoms with Gasteiger partial charge in [0.15, 0.2) is 6.54 Å². The molecule has 112 valence electrons. The lowest BCUT2D eigenvalue weighted by molar-refractivity contribution is -0.136. The Morgan fingerprint density at radius 1 is 1.41 bits per heavy atom. The predicted molar refractivity (Wildman–Crippen MR) is 87.3 cm³/mol. The first kappa shape index (κ1) is 14.0. The minimum atomic E-state index is -0.845. The lowest BCUT2D eigenvalue weighted by atomic mass is 9.90. The molecule has 1 atom stereocenters. The Hall–Kier alpha value is -1.59. The summed E-state index contributed by atoms with van der Waals surface area (Å²) in [7, 11) is 6.71. The van der Waals surface area contributed by atoms with E-state index in [1.54, 1.807) is 0 Å². The number of hydrogen-bond donors (Lipinski definition) is 1. The molecule has 2 radical (unpaired) electrons. The summed E-state index contributed by atoms with van der Waals surface area (Å²) in [6.07, 6.45) is 2.17. The quantitative estimate of drug-likeness (QED) is 0.848. The molecule has 0 aromatic heterocycles. The van der Waals surface area contributed by atoms with E-state index in [1.165, 1.54) is 11.1 Å². The van der Waals surface area contributed by atoms with E-state index in [-0.39, 0.29) is 10.9 Å². The van der Waals surface area contributed by atoms with Crippen LogP contribution in [-0.4, -0.2) is 50.1 Å². The van der Waals surface area contributed by atoms with Gasteiger partial charge in [-0.1, -0.05) is 11.6 Å². The number of carbonyl (C=O) groups is 1. The molecule has 1 saturated heterocycles. The fourth-order valence-electron chi connectivity index (χ4n) is 4.46. The number of carboxylic acids is 1. The highest BCUT2D eigenvalue weighted by molar-refractivity contribution is 6.20. The molecule has 22 heavy (non-hydrogen) atoms. The van der Waals surface area contributed by atoms with Crippen molar-refractivity contribution in [3.05, 3.63) is 35.0 Å². The van der Waals surface area contributed by atoms with Crippen LogP contribution in [0.2, 0.25) is 0 Å². The lowest BCUT2D eigenvalue weighted by Crippen LogP contribution is -2.50. The molecular formula is C17H20BN2O2+. The average Bonchev–Trinajstić information content (AvgIpc) is 2.65. The van der Waals surface area contributed by atoms with E-state index in [1.807, 2.05) is 12.1 Å². The maximum atomic E-state index is 11.5. The molecular weight excluding hydrogens is 275 g/mol. The molecule has 5 rings (SSSR count). The van der Waals surface area contributed by atoms with Crippen molar-refractivity contribution in [3.63, 3.8) is 0 Å².